The molecule has 0 aliphatic rings. The number of aromatic nitrogens is 4. The molecule has 0 spiro atoms. The molecular weight excluding hydrogens is 285 g/mol. The summed E-state index contributed by atoms with van der Waals surface area (Å²) in [6.45, 7) is 1.86. The number of benzene rings is 1. The summed E-state index contributed by atoms with van der Waals surface area (Å²) in [6.07, 6.45) is 1.59. The van der Waals surface area contributed by atoms with E-state index >= 15 is 0 Å². The van der Waals surface area contributed by atoms with Crippen molar-refractivity contribution in [3.8, 4) is 11.3 Å². The number of carbonyl (C=O) groups is 1. The second kappa shape index (κ2) is 5.44. The van der Waals surface area contributed by atoms with Crippen molar-refractivity contribution in [3.05, 3.63) is 53.7 Å². The van der Waals surface area contributed by atoms with E-state index in [0.717, 1.165) is 11.3 Å². The predicted molar refractivity (Wildman–Crippen MR) is 79.9 cm³/mol. The number of hydrogen-bond donors (Lipinski definition) is 2. The Morgan fingerprint density at radius 1 is 1.32 bits per heavy atom. The maximum atomic E-state index is 12.9. The third kappa shape index (κ3) is 2.60. The number of nitrogens with zero attached hydrogens (tertiary/aromatic N) is 3. The maximum Gasteiger partial charge on any atom is 0.273 e. The van der Waals surface area contributed by atoms with Crippen molar-refractivity contribution in [1.82, 2.24) is 20.0 Å². The lowest BCUT2D eigenvalue weighted by Crippen LogP contribution is -2.12. The van der Waals surface area contributed by atoms with Crippen molar-refractivity contribution < 1.29 is 9.18 Å². The Balaban J connectivity index is 1.80. The second-order valence-electron chi connectivity index (χ2n) is 4.90. The summed E-state index contributed by atoms with van der Waals surface area (Å²) in [5.41, 5.74) is 3.13. The summed E-state index contributed by atoms with van der Waals surface area (Å²) in [4.78, 5) is 12.2. The van der Waals surface area contributed by atoms with E-state index in [1.165, 1.54) is 12.1 Å². The molecule has 0 bridgehead atoms. The van der Waals surface area contributed by atoms with E-state index in [9.17, 15) is 9.18 Å². The molecule has 2 aromatic heterocycles. The highest BCUT2D eigenvalue weighted by Crippen LogP contribution is 2.19. The van der Waals surface area contributed by atoms with E-state index in [1.54, 1.807) is 36.1 Å². The van der Waals surface area contributed by atoms with Gasteiger partial charge in [-0.2, -0.15) is 10.2 Å². The fourth-order valence-electron chi connectivity index (χ4n) is 2.02. The van der Waals surface area contributed by atoms with Gasteiger partial charge in [-0.05, 0) is 37.3 Å². The Bertz CT molecular complexity index is 819. The molecule has 0 aliphatic heterocycles. The summed E-state index contributed by atoms with van der Waals surface area (Å²) in [7, 11) is 1.80. The number of carbonyl (C=O) groups excluding carboxylic acids is 1. The monoisotopic (exact) mass is 299 g/mol. The molecule has 0 saturated carbocycles. The Kier molecular flexibility index (Phi) is 3.46. The van der Waals surface area contributed by atoms with Gasteiger partial charge < -0.3 is 5.32 Å². The molecule has 1 amide bonds. The molecule has 7 heteroatoms. The number of amides is 1. The summed E-state index contributed by atoms with van der Waals surface area (Å²) >= 11 is 0. The first-order chi connectivity index (χ1) is 10.5. The summed E-state index contributed by atoms with van der Waals surface area (Å²) in [5, 5.41) is 13.6. The first kappa shape index (κ1) is 14.0. The number of rotatable bonds is 3. The SMILES string of the molecule is Cc1c(NC(=O)c2cc(-c3ccc(F)cc3)n[nH]2)cnn1C. The Hall–Kier alpha value is -2.96. The third-order valence-electron chi connectivity index (χ3n) is 3.45. The highest BCUT2D eigenvalue weighted by molar-refractivity contribution is 6.03. The van der Waals surface area contributed by atoms with Gasteiger partial charge in [0.05, 0.1) is 23.3 Å². The van der Waals surface area contributed by atoms with Crippen LogP contribution in [-0.4, -0.2) is 25.9 Å². The van der Waals surface area contributed by atoms with Crippen LogP contribution in [-0.2, 0) is 7.05 Å². The maximum absolute atomic E-state index is 12.9. The van der Waals surface area contributed by atoms with E-state index < -0.39 is 0 Å². The van der Waals surface area contributed by atoms with Crippen LogP contribution in [0, 0.1) is 12.7 Å². The molecule has 2 N–H and O–H groups in total. The molecule has 112 valence electrons. The second-order valence-corrected chi connectivity index (χ2v) is 4.90. The normalized spacial score (nSPS) is 10.7. The van der Waals surface area contributed by atoms with Gasteiger partial charge >= 0.3 is 0 Å². The van der Waals surface area contributed by atoms with Gasteiger partial charge in [0.2, 0.25) is 0 Å². The van der Waals surface area contributed by atoms with Crippen molar-refractivity contribution in [3.63, 3.8) is 0 Å². The van der Waals surface area contributed by atoms with Crippen molar-refractivity contribution >= 4 is 11.6 Å². The van der Waals surface area contributed by atoms with Crippen LogP contribution in [0.25, 0.3) is 11.3 Å². The van der Waals surface area contributed by atoms with E-state index in [0.29, 0.717) is 17.1 Å². The minimum absolute atomic E-state index is 0.308. The molecule has 22 heavy (non-hydrogen) atoms. The number of hydrogen-bond acceptors (Lipinski definition) is 3. The average molecular weight is 299 g/mol. The van der Waals surface area contributed by atoms with E-state index in [1.807, 2.05) is 6.92 Å². The minimum atomic E-state index is -0.315. The predicted octanol–water partition coefficient (Wildman–Crippen LogP) is 2.51. The number of nitrogens with one attached hydrogen (secondary N) is 2. The van der Waals surface area contributed by atoms with Crippen LogP contribution in [0.4, 0.5) is 10.1 Å². The third-order valence-corrected chi connectivity index (χ3v) is 3.45. The smallest absolute Gasteiger partial charge is 0.273 e. The highest BCUT2D eigenvalue weighted by atomic mass is 19.1. The fourth-order valence-corrected chi connectivity index (χ4v) is 2.02. The van der Waals surface area contributed by atoms with Crippen molar-refractivity contribution in [1.29, 1.82) is 0 Å². The molecule has 0 unspecified atom stereocenters. The van der Waals surface area contributed by atoms with Crippen molar-refractivity contribution in [2.75, 3.05) is 5.32 Å². The largest absolute Gasteiger partial charge is 0.318 e. The van der Waals surface area contributed by atoms with Gasteiger partial charge in [0, 0.05) is 12.6 Å². The van der Waals surface area contributed by atoms with Gasteiger partial charge in [-0.15, -0.1) is 0 Å². The number of halogens is 1. The van der Waals surface area contributed by atoms with Gasteiger partial charge in [0.1, 0.15) is 11.5 Å². The van der Waals surface area contributed by atoms with Crippen molar-refractivity contribution in [2.24, 2.45) is 7.05 Å². The fraction of sp³-hybridized carbons (Fsp3) is 0.133. The van der Waals surface area contributed by atoms with Crippen molar-refractivity contribution in [2.45, 2.75) is 6.92 Å². The Morgan fingerprint density at radius 2 is 2.05 bits per heavy atom. The topological polar surface area (TPSA) is 75.6 Å². The summed E-state index contributed by atoms with van der Waals surface area (Å²) < 4.78 is 14.6. The van der Waals surface area contributed by atoms with Crippen LogP contribution in [0.1, 0.15) is 16.2 Å². The van der Waals surface area contributed by atoms with Gasteiger partial charge in [-0.25, -0.2) is 4.39 Å². The zero-order valence-electron chi connectivity index (χ0n) is 12.1. The van der Waals surface area contributed by atoms with Gasteiger partial charge in [0.25, 0.3) is 5.91 Å². The first-order valence-corrected chi connectivity index (χ1v) is 6.66. The zero-order chi connectivity index (χ0) is 15.7. The molecule has 3 aromatic rings. The average Bonchev–Trinajstić information content (AvgIpc) is 3.11. The number of aryl methyl sites for hydroxylation is 1. The van der Waals surface area contributed by atoms with Crippen LogP contribution >= 0.6 is 0 Å². The highest BCUT2D eigenvalue weighted by Gasteiger charge is 2.13. The van der Waals surface area contributed by atoms with Gasteiger partial charge in [-0.3, -0.25) is 14.6 Å². The number of anilines is 1. The van der Waals surface area contributed by atoms with Gasteiger partial charge in [-0.1, -0.05) is 0 Å². The molecule has 0 fully saturated rings. The van der Waals surface area contributed by atoms with Crippen LogP contribution in [0.2, 0.25) is 0 Å². The van der Waals surface area contributed by atoms with Crippen LogP contribution in [0.15, 0.2) is 36.5 Å². The van der Waals surface area contributed by atoms with Crippen LogP contribution < -0.4 is 5.32 Å². The molecule has 1 aromatic carbocycles. The van der Waals surface area contributed by atoms with Gasteiger partial charge in [0.15, 0.2) is 0 Å². The molecule has 0 atom stereocenters. The van der Waals surface area contributed by atoms with E-state index in [4.69, 9.17) is 0 Å². The molecule has 3 rings (SSSR count). The molecule has 0 radical (unpaired) electrons. The molecule has 2 heterocycles. The van der Waals surface area contributed by atoms with Crippen LogP contribution in [0.5, 0.6) is 0 Å². The molecule has 0 aliphatic carbocycles. The van der Waals surface area contributed by atoms with E-state index in [-0.39, 0.29) is 11.7 Å². The van der Waals surface area contributed by atoms with Crippen LogP contribution in [0.3, 0.4) is 0 Å². The lowest BCUT2D eigenvalue weighted by Gasteiger charge is -2.02. The lowest BCUT2D eigenvalue weighted by atomic mass is 10.1. The first-order valence-electron chi connectivity index (χ1n) is 6.66. The number of aromatic amines is 1. The molecular formula is C15H14FN5O. The van der Waals surface area contributed by atoms with E-state index in [2.05, 4.69) is 20.6 Å². The molecule has 6 nitrogen and oxygen atoms in total. The standard InChI is InChI=1S/C15H14FN5O/c1-9-14(8-17-21(9)2)18-15(22)13-7-12(19-20-13)10-3-5-11(16)6-4-10/h3-8H,1-2H3,(H,18,22)(H,19,20). The Labute approximate surface area is 126 Å². The summed E-state index contributed by atoms with van der Waals surface area (Å²) in [5.74, 6) is -0.624. The number of H-pyrrole nitrogens is 1. The summed E-state index contributed by atoms with van der Waals surface area (Å²) in [6, 6.07) is 7.54. The quantitative estimate of drug-likeness (QED) is 0.780. The Morgan fingerprint density at radius 3 is 2.68 bits per heavy atom. The zero-order valence-corrected chi connectivity index (χ0v) is 12.1. The molecule has 0 saturated heterocycles. The lowest BCUT2D eigenvalue weighted by molar-refractivity contribution is 0.102. The minimum Gasteiger partial charge on any atom is -0.318 e.